The van der Waals surface area contributed by atoms with E-state index in [1.807, 2.05) is 72.8 Å². The summed E-state index contributed by atoms with van der Waals surface area (Å²) in [5.41, 5.74) is 5.00. The number of carbonyl (C=O) groups excluding carboxylic acids is 1. The molecular formula is C27H24N6O3. The molecule has 3 aromatic carbocycles. The van der Waals surface area contributed by atoms with Crippen LogP contribution in [0.25, 0.3) is 11.5 Å². The van der Waals surface area contributed by atoms with Crippen molar-refractivity contribution >= 4 is 29.0 Å². The number of anilines is 3. The molecule has 180 valence electrons. The van der Waals surface area contributed by atoms with E-state index in [1.165, 1.54) is 0 Å². The zero-order valence-corrected chi connectivity index (χ0v) is 19.4. The van der Waals surface area contributed by atoms with Crippen LogP contribution < -0.4 is 15.5 Å². The van der Waals surface area contributed by atoms with Crippen molar-refractivity contribution in [1.82, 2.24) is 10.2 Å². The van der Waals surface area contributed by atoms with Gasteiger partial charge in [0, 0.05) is 35.5 Å². The lowest BCUT2D eigenvalue weighted by molar-refractivity contribution is -0.116. The van der Waals surface area contributed by atoms with Gasteiger partial charge in [-0.1, -0.05) is 59.7 Å². The van der Waals surface area contributed by atoms with E-state index in [1.54, 1.807) is 0 Å². The maximum Gasteiger partial charge on any atom is 0.317 e. The highest BCUT2D eigenvalue weighted by atomic mass is 16.5. The normalized spacial score (nSPS) is 17.6. The lowest BCUT2D eigenvalue weighted by Crippen LogP contribution is -2.36. The molecule has 3 heterocycles. The zero-order chi connectivity index (χ0) is 24.3. The molecule has 0 bridgehead atoms. The van der Waals surface area contributed by atoms with Crippen molar-refractivity contribution in [3.8, 4) is 11.5 Å². The van der Waals surface area contributed by atoms with Crippen LogP contribution in [0.2, 0.25) is 0 Å². The Labute approximate surface area is 207 Å². The number of hydrogen-bond donors (Lipinski definition) is 2. The third-order valence-corrected chi connectivity index (χ3v) is 6.15. The van der Waals surface area contributed by atoms with Crippen molar-refractivity contribution in [2.24, 2.45) is 4.99 Å². The van der Waals surface area contributed by atoms with Crippen LogP contribution in [0.5, 0.6) is 0 Å². The molecular weight excluding hydrogens is 456 g/mol. The Morgan fingerprint density at radius 1 is 0.889 bits per heavy atom. The summed E-state index contributed by atoms with van der Waals surface area (Å²) in [6, 6.07) is 25.4. The van der Waals surface area contributed by atoms with Crippen LogP contribution >= 0.6 is 0 Å². The standard InChI is InChI=1S/C27H24N6O3/c34-25-24(29-23(18-7-2-1-3-8-18)21-11-4-5-12-22(21)28-25)30-27-32-31-26(36-27)19-9-6-10-20(17-19)33-13-15-35-16-14-33/h1-12,17,24H,13-16H2,(H,28,34)(H,30,32). The van der Waals surface area contributed by atoms with Crippen molar-refractivity contribution in [2.45, 2.75) is 6.17 Å². The Kier molecular flexibility index (Phi) is 5.88. The summed E-state index contributed by atoms with van der Waals surface area (Å²) in [7, 11) is 0. The molecule has 1 atom stereocenters. The minimum Gasteiger partial charge on any atom is -0.403 e. The molecule has 36 heavy (non-hydrogen) atoms. The van der Waals surface area contributed by atoms with Gasteiger partial charge in [-0.15, -0.1) is 5.10 Å². The number of nitrogens with zero attached hydrogens (tertiary/aromatic N) is 4. The molecule has 0 radical (unpaired) electrons. The number of nitrogens with one attached hydrogen (secondary N) is 2. The number of morpholine rings is 1. The largest absolute Gasteiger partial charge is 0.403 e. The fraction of sp³-hybridized carbons (Fsp3) is 0.185. The number of carbonyl (C=O) groups is 1. The van der Waals surface area contributed by atoms with Gasteiger partial charge in [0.2, 0.25) is 12.1 Å². The van der Waals surface area contributed by atoms with Gasteiger partial charge in [-0.25, -0.2) is 4.99 Å². The van der Waals surface area contributed by atoms with Crippen LogP contribution in [0.1, 0.15) is 11.1 Å². The first-order valence-corrected chi connectivity index (χ1v) is 11.8. The summed E-state index contributed by atoms with van der Waals surface area (Å²) < 4.78 is 11.3. The van der Waals surface area contributed by atoms with E-state index >= 15 is 0 Å². The first-order valence-electron chi connectivity index (χ1n) is 11.8. The summed E-state index contributed by atoms with van der Waals surface area (Å²) in [4.78, 5) is 20.1. The Morgan fingerprint density at radius 3 is 2.53 bits per heavy atom. The second kappa shape index (κ2) is 9.63. The second-order valence-corrected chi connectivity index (χ2v) is 8.49. The third-order valence-electron chi connectivity index (χ3n) is 6.15. The van der Waals surface area contributed by atoms with Gasteiger partial charge in [0.25, 0.3) is 5.91 Å². The van der Waals surface area contributed by atoms with E-state index in [0.717, 1.165) is 35.5 Å². The van der Waals surface area contributed by atoms with Crippen LogP contribution in [0.4, 0.5) is 17.4 Å². The summed E-state index contributed by atoms with van der Waals surface area (Å²) in [5, 5.41) is 14.3. The number of hydrogen-bond acceptors (Lipinski definition) is 8. The molecule has 6 rings (SSSR count). The van der Waals surface area contributed by atoms with Crippen LogP contribution in [-0.4, -0.2) is 54.3 Å². The highest BCUT2D eigenvalue weighted by Crippen LogP contribution is 2.27. The molecule has 0 saturated carbocycles. The number of benzene rings is 3. The summed E-state index contributed by atoms with van der Waals surface area (Å²) in [5.74, 6) is 0.0413. The fourth-order valence-corrected chi connectivity index (χ4v) is 4.35. The monoisotopic (exact) mass is 480 g/mol. The number of fused-ring (bicyclic) bond motifs is 1. The molecule has 9 heteroatoms. The number of benzodiazepines with no additional fused rings is 1. The van der Waals surface area contributed by atoms with Gasteiger partial charge in [0.1, 0.15) is 0 Å². The van der Waals surface area contributed by atoms with Crippen LogP contribution in [0.3, 0.4) is 0 Å². The lowest BCUT2D eigenvalue weighted by Gasteiger charge is -2.29. The SMILES string of the molecule is O=C1Nc2ccccc2C(c2ccccc2)=NC1Nc1nnc(-c2cccc(N3CCOCC3)c2)o1. The molecule has 1 fully saturated rings. The number of ether oxygens (including phenoxy) is 1. The van der Waals surface area contributed by atoms with Gasteiger partial charge < -0.3 is 24.7 Å². The van der Waals surface area contributed by atoms with E-state index < -0.39 is 6.17 Å². The molecule has 4 aromatic rings. The van der Waals surface area contributed by atoms with Crippen molar-refractivity contribution in [1.29, 1.82) is 0 Å². The van der Waals surface area contributed by atoms with E-state index in [2.05, 4.69) is 31.8 Å². The van der Waals surface area contributed by atoms with E-state index in [4.69, 9.17) is 14.1 Å². The number of aliphatic imine (C=N–C) groups is 1. The van der Waals surface area contributed by atoms with Crippen LogP contribution in [0, 0.1) is 0 Å². The minimum atomic E-state index is -0.958. The van der Waals surface area contributed by atoms with Gasteiger partial charge in [0.05, 0.1) is 24.6 Å². The average molecular weight is 481 g/mol. The summed E-state index contributed by atoms with van der Waals surface area (Å²) >= 11 is 0. The van der Waals surface area contributed by atoms with E-state index in [0.29, 0.717) is 30.5 Å². The summed E-state index contributed by atoms with van der Waals surface area (Å²) in [6.45, 7) is 3.08. The fourth-order valence-electron chi connectivity index (χ4n) is 4.35. The van der Waals surface area contributed by atoms with Gasteiger partial charge >= 0.3 is 6.01 Å². The third kappa shape index (κ3) is 4.44. The molecule has 1 aromatic heterocycles. The molecule has 2 aliphatic rings. The number of amides is 1. The van der Waals surface area contributed by atoms with Gasteiger partial charge in [0.15, 0.2) is 0 Å². The zero-order valence-electron chi connectivity index (χ0n) is 19.4. The predicted octanol–water partition coefficient (Wildman–Crippen LogP) is 3.80. The minimum absolute atomic E-state index is 0.115. The van der Waals surface area contributed by atoms with Gasteiger partial charge in [-0.05, 0) is 24.3 Å². The van der Waals surface area contributed by atoms with E-state index in [-0.39, 0.29) is 11.9 Å². The lowest BCUT2D eigenvalue weighted by atomic mass is 10.0. The van der Waals surface area contributed by atoms with Crippen molar-refractivity contribution in [3.05, 3.63) is 90.0 Å². The first kappa shape index (κ1) is 22.0. The highest BCUT2D eigenvalue weighted by molar-refractivity contribution is 6.19. The second-order valence-electron chi connectivity index (χ2n) is 8.49. The number of para-hydroxylation sites is 1. The molecule has 2 N–H and O–H groups in total. The quantitative estimate of drug-likeness (QED) is 0.448. The smallest absolute Gasteiger partial charge is 0.317 e. The maximum absolute atomic E-state index is 13.1. The molecule has 2 aliphatic heterocycles. The Bertz CT molecular complexity index is 1410. The topological polar surface area (TPSA) is 105 Å². The van der Waals surface area contributed by atoms with Gasteiger partial charge in [-0.3, -0.25) is 4.79 Å². The first-order chi connectivity index (χ1) is 17.7. The number of aromatic nitrogens is 2. The van der Waals surface area contributed by atoms with Crippen LogP contribution in [-0.2, 0) is 9.53 Å². The molecule has 1 amide bonds. The van der Waals surface area contributed by atoms with Gasteiger partial charge in [-0.2, -0.15) is 0 Å². The molecule has 1 saturated heterocycles. The highest BCUT2D eigenvalue weighted by Gasteiger charge is 2.27. The van der Waals surface area contributed by atoms with Crippen molar-refractivity contribution in [3.63, 3.8) is 0 Å². The Hall–Kier alpha value is -4.50. The van der Waals surface area contributed by atoms with Crippen LogP contribution in [0.15, 0.2) is 88.3 Å². The number of rotatable bonds is 5. The molecule has 0 aliphatic carbocycles. The Balaban J connectivity index is 1.28. The molecule has 9 nitrogen and oxygen atoms in total. The summed E-state index contributed by atoms with van der Waals surface area (Å²) in [6.07, 6.45) is -0.958. The van der Waals surface area contributed by atoms with E-state index in [9.17, 15) is 4.79 Å². The van der Waals surface area contributed by atoms with Crippen molar-refractivity contribution < 1.29 is 13.9 Å². The predicted molar refractivity (Wildman–Crippen MR) is 137 cm³/mol. The molecule has 0 spiro atoms. The average Bonchev–Trinajstić information content (AvgIpc) is 3.36. The van der Waals surface area contributed by atoms with Crippen molar-refractivity contribution in [2.75, 3.05) is 41.8 Å². The Morgan fingerprint density at radius 2 is 1.67 bits per heavy atom. The maximum atomic E-state index is 13.1. The molecule has 1 unspecified atom stereocenters.